The third-order valence-electron chi connectivity index (χ3n) is 6.74. The molecule has 0 saturated carbocycles. The summed E-state index contributed by atoms with van der Waals surface area (Å²) in [6.45, 7) is 18.5. The van der Waals surface area contributed by atoms with Crippen LogP contribution < -0.4 is 5.32 Å². The Kier molecular flexibility index (Phi) is 10.4. The smallest absolute Gasteiger partial charge is 0.0697 e. The number of para-hydroxylation sites is 2. The normalized spacial score (nSPS) is 15.4. The maximum atomic E-state index is 5.47. The average molecular weight is 487 g/mol. The number of rotatable bonds is 11. The third-order valence-corrected chi connectivity index (χ3v) is 6.74. The second kappa shape index (κ2) is 13.3. The van der Waals surface area contributed by atoms with Crippen LogP contribution in [0.3, 0.4) is 0 Å². The van der Waals surface area contributed by atoms with Crippen LogP contribution >= 0.6 is 0 Å². The van der Waals surface area contributed by atoms with Gasteiger partial charge in [0, 0.05) is 5.69 Å². The van der Waals surface area contributed by atoms with Gasteiger partial charge in [0.1, 0.15) is 0 Å². The highest BCUT2D eigenvalue weighted by Crippen LogP contribution is 2.33. The second-order valence-electron chi connectivity index (χ2n) is 12.5. The number of nitrogens with zero attached hydrogens (tertiary/aromatic N) is 1. The van der Waals surface area contributed by atoms with Gasteiger partial charge in [-0.2, -0.15) is 0 Å². The zero-order valence-electron chi connectivity index (χ0n) is 24.2. The summed E-state index contributed by atoms with van der Waals surface area (Å²) in [4.78, 5) is 5.47. The standard InChI is InChI=1S/C34H50N2/c1-23(2)19-27-13-11-14-28(20-24(3)4)33(27)35-31-17-9-10-18-32(31)36-34-29(21-25(5)6)15-12-16-30(34)22-26(7)8/h11-17,23-26,35H,9-10,18-22H2,1-8H3. The SMILES string of the molecule is CC(C)Cc1cccc(CC(C)C)c1N=C1CCCC=C1Nc1c(CC(C)C)cccc1CC(C)C. The summed E-state index contributed by atoms with van der Waals surface area (Å²) in [6.07, 6.45) is 10.0. The summed E-state index contributed by atoms with van der Waals surface area (Å²) in [5, 5.41) is 3.95. The summed E-state index contributed by atoms with van der Waals surface area (Å²) in [5.74, 6) is 2.46. The minimum absolute atomic E-state index is 0.610. The van der Waals surface area contributed by atoms with E-state index in [0.29, 0.717) is 23.7 Å². The Morgan fingerprint density at radius 1 is 0.667 bits per heavy atom. The molecule has 196 valence electrons. The van der Waals surface area contributed by atoms with Crippen molar-refractivity contribution in [2.45, 2.75) is 100 Å². The van der Waals surface area contributed by atoms with Crippen molar-refractivity contribution >= 4 is 17.1 Å². The average Bonchev–Trinajstić information content (AvgIpc) is 2.77. The quantitative estimate of drug-likeness (QED) is 0.336. The second-order valence-corrected chi connectivity index (χ2v) is 12.5. The lowest BCUT2D eigenvalue weighted by Crippen LogP contribution is -2.18. The third kappa shape index (κ3) is 8.08. The Morgan fingerprint density at radius 3 is 1.58 bits per heavy atom. The Morgan fingerprint density at radius 2 is 1.11 bits per heavy atom. The summed E-state index contributed by atoms with van der Waals surface area (Å²) in [7, 11) is 0. The summed E-state index contributed by atoms with van der Waals surface area (Å²) in [5.41, 5.74) is 10.6. The van der Waals surface area contributed by atoms with Crippen molar-refractivity contribution in [2.24, 2.45) is 28.7 Å². The van der Waals surface area contributed by atoms with Crippen molar-refractivity contribution in [3.05, 3.63) is 70.4 Å². The number of aliphatic imine (C=N–C) groups is 1. The van der Waals surface area contributed by atoms with Crippen LogP contribution in [0.25, 0.3) is 0 Å². The number of anilines is 1. The Balaban J connectivity index is 2.06. The largest absolute Gasteiger partial charge is 0.354 e. The topological polar surface area (TPSA) is 24.4 Å². The predicted molar refractivity (Wildman–Crippen MR) is 160 cm³/mol. The molecule has 0 atom stereocenters. The van der Waals surface area contributed by atoms with Gasteiger partial charge < -0.3 is 5.32 Å². The van der Waals surface area contributed by atoms with E-state index >= 15 is 0 Å². The van der Waals surface area contributed by atoms with Crippen molar-refractivity contribution in [1.29, 1.82) is 0 Å². The fourth-order valence-electron chi connectivity index (χ4n) is 5.31. The van der Waals surface area contributed by atoms with Gasteiger partial charge in [-0.1, -0.05) is 97.9 Å². The first-order valence-electron chi connectivity index (χ1n) is 14.4. The molecule has 0 bridgehead atoms. The molecule has 1 aliphatic carbocycles. The highest BCUT2D eigenvalue weighted by molar-refractivity contribution is 6.05. The molecule has 2 heteroatoms. The molecule has 0 fully saturated rings. The van der Waals surface area contributed by atoms with E-state index in [1.165, 1.54) is 51.5 Å². The zero-order valence-corrected chi connectivity index (χ0v) is 24.2. The van der Waals surface area contributed by atoms with E-state index in [0.717, 1.165) is 38.5 Å². The van der Waals surface area contributed by atoms with Gasteiger partial charge in [-0.15, -0.1) is 0 Å². The van der Waals surface area contributed by atoms with E-state index in [2.05, 4.69) is 103 Å². The maximum absolute atomic E-state index is 5.47. The highest BCUT2D eigenvalue weighted by Gasteiger charge is 2.19. The molecule has 2 aromatic carbocycles. The highest BCUT2D eigenvalue weighted by atomic mass is 14.9. The molecule has 0 radical (unpaired) electrons. The van der Waals surface area contributed by atoms with Crippen molar-refractivity contribution in [3.8, 4) is 0 Å². The van der Waals surface area contributed by atoms with E-state index in [1.54, 1.807) is 0 Å². The van der Waals surface area contributed by atoms with E-state index < -0.39 is 0 Å². The molecule has 0 saturated heterocycles. The van der Waals surface area contributed by atoms with Gasteiger partial charge in [0.2, 0.25) is 0 Å². The molecular formula is C34H50N2. The lowest BCUT2D eigenvalue weighted by Gasteiger charge is -2.24. The molecule has 1 N–H and O–H groups in total. The minimum atomic E-state index is 0.610. The van der Waals surface area contributed by atoms with Crippen LogP contribution in [-0.4, -0.2) is 5.71 Å². The van der Waals surface area contributed by atoms with Gasteiger partial charge in [-0.3, -0.25) is 4.99 Å². The Labute approximate surface area is 221 Å². The maximum Gasteiger partial charge on any atom is 0.0697 e. The molecule has 0 amide bonds. The van der Waals surface area contributed by atoms with Crippen LogP contribution in [0.4, 0.5) is 11.4 Å². The zero-order chi connectivity index (χ0) is 26.2. The molecule has 0 unspecified atom stereocenters. The Hall–Kier alpha value is -2.35. The molecule has 0 heterocycles. The summed E-state index contributed by atoms with van der Waals surface area (Å²) >= 11 is 0. The summed E-state index contributed by atoms with van der Waals surface area (Å²) < 4.78 is 0. The first-order valence-corrected chi connectivity index (χ1v) is 14.4. The lowest BCUT2D eigenvalue weighted by atomic mass is 9.92. The van der Waals surface area contributed by atoms with E-state index in [-0.39, 0.29) is 0 Å². The van der Waals surface area contributed by atoms with Gasteiger partial charge in [0.25, 0.3) is 0 Å². The minimum Gasteiger partial charge on any atom is -0.354 e. The number of allylic oxidation sites excluding steroid dienone is 2. The number of hydrogen-bond acceptors (Lipinski definition) is 2. The van der Waals surface area contributed by atoms with Crippen molar-refractivity contribution in [1.82, 2.24) is 0 Å². The van der Waals surface area contributed by atoms with Crippen molar-refractivity contribution < 1.29 is 0 Å². The fourth-order valence-corrected chi connectivity index (χ4v) is 5.31. The van der Waals surface area contributed by atoms with Crippen LogP contribution in [-0.2, 0) is 25.7 Å². The molecule has 2 aromatic rings. The van der Waals surface area contributed by atoms with Crippen LogP contribution in [0.1, 0.15) is 96.9 Å². The molecule has 3 rings (SSSR count). The van der Waals surface area contributed by atoms with E-state index in [4.69, 9.17) is 4.99 Å². The number of hydrogen-bond donors (Lipinski definition) is 1. The van der Waals surface area contributed by atoms with E-state index in [1.807, 2.05) is 0 Å². The summed E-state index contributed by atoms with van der Waals surface area (Å²) in [6, 6.07) is 13.7. The monoisotopic (exact) mass is 486 g/mol. The molecule has 0 aliphatic heterocycles. The molecule has 36 heavy (non-hydrogen) atoms. The molecule has 1 aliphatic rings. The molecule has 0 spiro atoms. The fraction of sp³-hybridized carbons (Fsp3) is 0.559. The van der Waals surface area contributed by atoms with E-state index in [9.17, 15) is 0 Å². The lowest BCUT2D eigenvalue weighted by molar-refractivity contribution is 0.636. The Bertz CT molecular complexity index is 996. The predicted octanol–water partition coefficient (Wildman–Crippen LogP) is 9.73. The molecule has 0 aromatic heterocycles. The first kappa shape index (κ1) is 28.2. The number of nitrogens with one attached hydrogen (secondary N) is 1. The van der Waals surface area contributed by atoms with Gasteiger partial charge in [-0.25, -0.2) is 0 Å². The van der Waals surface area contributed by atoms with Gasteiger partial charge >= 0.3 is 0 Å². The van der Waals surface area contributed by atoms with Crippen molar-refractivity contribution in [2.75, 3.05) is 5.32 Å². The van der Waals surface area contributed by atoms with Gasteiger partial charge in [0.15, 0.2) is 0 Å². The van der Waals surface area contributed by atoms with Crippen LogP contribution in [0.15, 0.2) is 53.2 Å². The van der Waals surface area contributed by atoms with Crippen LogP contribution in [0.2, 0.25) is 0 Å². The van der Waals surface area contributed by atoms with Gasteiger partial charge in [0.05, 0.1) is 17.1 Å². The first-order chi connectivity index (χ1) is 17.1. The molecular weight excluding hydrogens is 436 g/mol. The van der Waals surface area contributed by atoms with Crippen LogP contribution in [0.5, 0.6) is 0 Å². The molecule has 2 nitrogen and oxygen atoms in total. The van der Waals surface area contributed by atoms with Crippen molar-refractivity contribution in [3.63, 3.8) is 0 Å². The number of benzene rings is 2. The van der Waals surface area contributed by atoms with Gasteiger partial charge in [-0.05, 0) is 90.9 Å². The van der Waals surface area contributed by atoms with Crippen LogP contribution in [0, 0.1) is 23.7 Å².